The summed E-state index contributed by atoms with van der Waals surface area (Å²) in [6, 6.07) is 6.63. The number of carboxylic acids is 1. The summed E-state index contributed by atoms with van der Waals surface area (Å²) in [5, 5.41) is 27.0. The molecule has 0 aliphatic heterocycles. The fourth-order valence-electron chi connectivity index (χ4n) is 1.96. The van der Waals surface area contributed by atoms with E-state index in [-0.39, 0.29) is 23.1 Å². The van der Waals surface area contributed by atoms with Crippen LogP contribution in [0, 0.1) is 11.3 Å². The molecule has 1 aliphatic carbocycles. The molecule has 1 saturated carbocycles. The van der Waals surface area contributed by atoms with Gasteiger partial charge in [-0.2, -0.15) is 5.26 Å². The van der Waals surface area contributed by atoms with Gasteiger partial charge >= 0.3 is 5.97 Å². The number of phenolic OH excluding ortho intramolecular Hbond substituents is 1. The van der Waals surface area contributed by atoms with Crippen molar-refractivity contribution in [1.29, 1.82) is 5.26 Å². The molecule has 1 aromatic carbocycles. The molecular weight excluding hydrogens is 206 g/mol. The Kier molecular flexibility index (Phi) is 2.31. The van der Waals surface area contributed by atoms with Gasteiger partial charge in [-0.3, -0.25) is 4.79 Å². The van der Waals surface area contributed by atoms with Crippen molar-refractivity contribution in [2.75, 3.05) is 0 Å². The van der Waals surface area contributed by atoms with Gasteiger partial charge in [-0.05, 0) is 30.5 Å². The minimum Gasteiger partial charge on any atom is -0.507 e. The molecule has 0 atom stereocenters. The second-order valence-corrected chi connectivity index (χ2v) is 4.19. The van der Waals surface area contributed by atoms with E-state index >= 15 is 0 Å². The Bertz CT molecular complexity index is 484. The lowest BCUT2D eigenvalue weighted by atomic mass is 9.91. The first-order valence-corrected chi connectivity index (χ1v) is 5.03. The third-order valence-corrected chi connectivity index (χ3v) is 3.07. The molecule has 2 N–H and O–H groups in total. The number of aliphatic carboxylic acids is 1. The molecule has 0 amide bonds. The number of aromatic hydroxyl groups is 1. The van der Waals surface area contributed by atoms with Crippen LogP contribution in [0.3, 0.4) is 0 Å². The van der Waals surface area contributed by atoms with Crippen molar-refractivity contribution in [2.24, 2.45) is 0 Å². The Morgan fingerprint density at radius 3 is 2.69 bits per heavy atom. The zero-order chi connectivity index (χ0) is 11.8. The Morgan fingerprint density at radius 2 is 2.19 bits per heavy atom. The average molecular weight is 217 g/mol. The highest BCUT2D eigenvalue weighted by molar-refractivity contribution is 5.70. The first-order valence-electron chi connectivity index (χ1n) is 5.03. The van der Waals surface area contributed by atoms with Crippen LogP contribution in [0.25, 0.3) is 0 Å². The van der Waals surface area contributed by atoms with Crippen LogP contribution in [0.15, 0.2) is 18.2 Å². The topological polar surface area (TPSA) is 81.3 Å². The summed E-state index contributed by atoms with van der Waals surface area (Å²) in [7, 11) is 0. The molecule has 1 fully saturated rings. The summed E-state index contributed by atoms with van der Waals surface area (Å²) in [6.45, 7) is 0. The van der Waals surface area contributed by atoms with Crippen LogP contribution < -0.4 is 0 Å². The lowest BCUT2D eigenvalue weighted by Gasteiger charge is -2.13. The maximum atomic E-state index is 10.7. The second kappa shape index (κ2) is 3.53. The summed E-state index contributed by atoms with van der Waals surface area (Å²) >= 11 is 0. The highest BCUT2D eigenvalue weighted by Gasteiger charge is 2.46. The van der Waals surface area contributed by atoms with Gasteiger partial charge < -0.3 is 10.2 Å². The predicted octanol–water partition coefficient (Wildman–Crippen LogP) is 1.77. The number of nitrogens with zero attached hydrogens (tertiary/aromatic N) is 1. The Hall–Kier alpha value is -2.02. The number of hydrogen-bond acceptors (Lipinski definition) is 3. The maximum Gasteiger partial charge on any atom is 0.304 e. The van der Waals surface area contributed by atoms with Crippen molar-refractivity contribution >= 4 is 5.97 Å². The van der Waals surface area contributed by atoms with Crippen molar-refractivity contribution in [1.82, 2.24) is 0 Å². The van der Waals surface area contributed by atoms with E-state index in [9.17, 15) is 9.90 Å². The number of rotatable bonds is 3. The molecule has 0 radical (unpaired) electrons. The summed E-state index contributed by atoms with van der Waals surface area (Å²) in [6.07, 6.45) is 1.74. The van der Waals surface area contributed by atoms with Gasteiger partial charge in [0.15, 0.2) is 0 Å². The van der Waals surface area contributed by atoms with Crippen LogP contribution in [-0.4, -0.2) is 16.2 Å². The number of phenols is 1. The van der Waals surface area contributed by atoms with E-state index in [1.807, 2.05) is 6.07 Å². The van der Waals surface area contributed by atoms with Crippen LogP contribution in [-0.2, 0) is 10.2 Å². The Balaban J connectivity index is 2.35. The number of carbonyl (C=O) groups is 1. The fourth-order valence-corrected chi connectivity index (χ4v) is 1.96. The van der Waals surface area contributed by atoms with Crippen LogP contribution >= 0.6 is 0 Å². The van der Waals surface area contributed by atoms with Crippen LogP contribution in [0.2, 0.25) is 0 Å². The summed E-state index contributed by atoms with van der Waals surface area (Å²) in [5.41, 5.74) is 0.726. The van der Waals surface area contributed by atoms with E-state index in [1.165, 1.54) is 6.07 Å². The molecular formula is C12H11NO3. The molecule has 16 heavy (non-hydrogen) atoms. The van der Waals surface area contributed by atoms with Gasteiger partial charge in [0.2, 0.25) is 0 Å². The lowest BCUT2D eigenvalue weighted by Crippen LogP contribution is -2.12. The number of hydrogen-bond donors (Lipinski definition) is 2. The summed E-state index contributed by atoms with van der Waals surface area (Å²) in [5.74, 6) is -0.888. The fraction of sp³-hybridized carbons (Fsp3) is 0.333. The van der Waals surface area contributed by atoms with Crippen molar-refractivity contribution < 1.29 is 15.0 Å². The van der Waals surface area contributed by atoms with Gasteiger partial charge in [-0.25, -0.2) is 0 Å². The number of carboxylic acid groups (broad SMARTS) is 1. The van der Waals surface area contributed by atoms with Gasteiger partial charge in [-0.1, -0.05) is 6.07 Å². The van der Waals surface area contributed by atoms with Crippen LogP contribution in [0.4, 0.5) is 0 Å². The molecule has 4 heteroatoms. The van der Waals surface area contributed by atoms with Gasteiger partial charge in [-0.15, -0.1) is 0 Å². The summed E-state index contributed by atoms with van der Waals surface area (Å²) < 4.78 is 0. The largest absolute Gasteiger partial charge is 0.507 e. The van der Waals surface area contributed by atoms with E-state index in [4.69, 9.17) is 10.4 Å². The highest BCUT2D eigenvalue weighted by Crippen LogP contribution is 2.51. The molecule has 0 unspecified atom stereocenters. The van der Waals surface area contributed by atoms with Gasteiger partial charge in [0.05, 0.1) is 12.0 Å². The number of nitriles is 1. The predicted molar refractivity (Wildman–Crippen MR) is 56.0 cm³/mol. The molecule has 2 rings (SSSR count). The quantitative estimate of drug-likeness (QED) is 0.808. The molecule has 0 saturated heterocycles. The van der Waals surface area contributed by atoms with Crippen molar-refractivity contribution in [3.8, 4) is 11.8 Å². The maximum absolute atomic E-state index is 10.7. The monoisotopic (exact) mass is 217 g/mol. The third-order valence-electron chi connectivity index (χ3n) is 3.07. The zero-order valence-corrected chi connectivity index (χ0v) is 8.60. The van der Waals surface area contributed by atoms with Crippen molar-refractivity contribution in [2.45, 2.75) is 24.7 Å². The average Bonchev–Trinajstić information content (AvgIpc) is 2.98. The number of benzene rings is 1. The zero-order valence-electron chi connectivity index (χ0n) is 8.60. The molecule has 4 nitrogen and oxygen atoms in total. The Morgan fingerprint density at radius 1 is 1.50 bits per heavy atom. The van der Waals surface area contributed by atoms with Crippen molar-refractivity contribution in [3.05, 3.63) is 29.3 Å². The van der Waals surface area contributed by atoms with Crippen LogP contribution in [0.1, 0.15) is 30.4 Å². The van der Waals surface area contributed by atoms with E-state index in [0.717, 1.165) is 18.4 Å². The normalized spacial score (nSPS) is 16.4. The van der Waals surface area contributed by atoms with E-state index < -0.39 is 5.97 Å². The standard InChI is InChI=1S/C12H11NO3/c13-7-8-5-9(1-2-10(8)14)12(3-4-12)6-11(15)16/h1-2,5,14H,3-4,6H2,(H,15,16). The lowest BCUT2D eigenvalue weighted by molar-refractivity contribution is -0.137. The first-order chi connectivity index (χ1) is 7.57. The summed E-state index contributed by atoms with van der Waals surface area (Å²) in [4.78, 5) is 10.7. The van der Waals surface area contributed by atoms with Gasteiger partial charge in [0.1, 0.15) is 11.8 Å². The van der Waals surface area contributed by atoms with Crippen LogP contribution in [0.5, 0.6) is 5.75 Å². The van der Waals surface area contributed by atoms with E-state index in [2.05, 4.69) is 0 Å². The minimum atomic E-state index is -0.830. The SMILES string of the molecule is N#Cc1cc(C2(CC(=O)O)CC2)ccc1O. The Labute approximate surface area is 92.8 Å². The molecule has 1 aromatic rings. The van der Waals surface area contributed by atoms with Gasteiger partial charge in [0, 0.05) is 5.41 Å². The highest BCUT2D eigenvalue weighted by atomic mass is 16.4. The van der Waals surface area contributed by atoms with Crippen molar-refractivity contribution in [3.63, 3.8) is 0 Å². The minimum absolute atomic E-state index is 0.0580. The molecule has 0 spiro atoms. The molecule has 0 aromatic heterocycles. The second-order valence-electron chi connectivity index (χ2n) is 4.19. The molecule has 0 heterocycles. The van der Waals surface area contributed by atoms with E-state index in [0.29, 0.717) is 0 Å². The smallest absolute Gasteiger partial charge is 0.304 e. The van der Waals surface area contributed by atoms with Gasteiger partial charge in [0.25, 0.3) is 0 Å². The molecule has 1 aliphatic rings. The van der Waals surface area contributed by atoms with E-state index in [1.54, 1.807) is 12.1 Å². The first kappa shape index (κ1) is 10.5. The molecule has 82 valence electrons. The third kappa shape index (κ3) is 1.72. The molecule has 0 bridgehead atoms.